The first kappa shape index (κ1) is 13.9. The van der Waals surface area contributed by atoms with E-state index in [2.05, 4.69) is 4.98 Å². The first-order chi connectivity index (χ1) is 9.93. The zero-order valence-corrected chi connectivity index (χ0v) is 12.4. The zero-order chi connectivity index (χ0) is 15.2. The summed E-state index contributed by atoms with van der Waals surface area (Å²) in [6.07, 6.45) is 2.81. The molecule has 2 unspecified atom stereocenters. The first-order valence-electron chi connectivity index (χ1n) is 7.01. The normalized spacial score (nSPS) is 26.2. The van der Waals surface area contributed by atoms with Gasteiger partial charge in [0.15, 0.2) is 0 Å². The fourth-order valence-electron chi connectivity index (χ4n) is 2.97. The maximum Gasteiger partial charge on any atom is 0.407 e. The Kier molecular flexibility index (Phi) is 3.13. The third kappa shape index (κ3) is 2.06. The Morgan fingerprint density at radius 2 is 2.33 bits per heavy atom. The molecule has 1 aliphatic rings. The van der Waals surface area contributed by atoms with Crippen molar-refractivity contribution in [3.8, 4) is 0 Å². The molecule has 6 nitrogen and oxygen atoms in total. The zero-order valence-electron chi connectivity index (χ0n) is 12.4. The number of hydrogen-bond donors (Lipinski definition) is 1. The number of aryl methyl sites for hydroxylation is 1. The quantitative estimate of drug-likeness (QED) is 0.874. The van der Waals surface area contributed by atoms with Gasteiger partial charge in [-0.15, -0.1) is 0 Å². The fourth-order valence-corrected chi connectivity index (χ4v) is 2.97. The molecule has 0 radical (unpaired) electrons. The molecular weight excluding hydrogens is 270 g/mol. The van der Waals surface area contributed by atoms with Crippen molar-refractivity contribution in [1.82, 2.24) is 14.3 Å². The number of fused-ring (bicyclic) bond motifs is 1. The number of carbonyl (C=O) groups is 1. The number of ether oxygens (including phenoxy) is 1. The van der Waals surface area contributed by atoms with Crippen LogP contribution in [-0.4, -0.2) is 44.7 Å². The maximum absolute atomic E-state index is 11.4. The largest absolute Gasteiger partial charge is 0.465 e. The Labute approximate surface area is 123 Å². The minimum absolute atomic E-state index is 0.287. The molecule has 3 heterocycles. The van der Waals surface area contributed by atoms with E-state index in [1.54, 1.807) is 6.20 Å². The van der Waals surface area contributed by atoms with E-state index in [9.17, 15) is 9.90 Å². The van der Waals surface area contributed by atoms with Gasteiger partial charge in [-0.05, 0) is 38.5 Å². The van der Waals surface area contributed by atoms with Crippen LogP contribution in [0.1, 0.15) is 25.1 Å². The summed E-state index contributed by atoms with van der Waals surface area (Å²) >= 11 is 0. The van der Waals surface area contributed by atoms with Crippen LogP contribution in [0.3, 0.4) is 0 Å². The monoisotopic (exact) mass is 289 g/mol. The number of nitrogens with zero attached hydrogens (tertiary/aromatic N) is 3. The average Bonchev–Trinajstić information content (AvgIpc) is 2.85. The highest BCUT2D eigenvalue weighted by molar-refractivity contribution is 5.66. The molecule has 1 fully saturated rings. The summed E-state index contributed by atoms with van der Waals surface area (Å²) in [5.41, 5.74) is 2.13. The highest BCUT2D eigenvalue weighted by Crippen LogP contribution is 2.35. The lowest BCUT2D eigenvalue weighted by Crippen LogP contribution is -2.57. The third-order valence-electron chi connectivity index (χ3n) is 4.42. The van der Waals surface area contributed by atoms with Gasteiger partial charge in [-0.1, -0.05) is 0 Å². The summed E-state index contributed by atoms with van der Waals surface area (Å²) in [5.74, 6) is 0. The van der Waals surface area contributed by atoms with Gasteiger partial charge in [0.1, 0.15) is 11.2 Å². The van der Waals surface area contributed by atoms with Crippen LogP contribution in [0.5, 0.6) is 0 Å². The Morgan fingerprint density at radius 1 is 1.57 bits per heavy atom. The van der Waals surface area contributed by atoms with Crippen LogP contribution in [0.2, 0.25) is 0 Å². The molecule has 112 valence electrons. The van der Waals surface area contributed by atoms with Crippen molar-refractivity contribution in [2.45, 2.75) is 32.4 Å². The molecule has 0 spiro atoms. The topological polar surface area (TPSA) is 67.1 Å². The molecule has 0 aromatic carbocycles. The van der Waals surface area contributed by atoms with E-state index in [4.69, 9.17) is 4.74 Å². The minimum atomic E-state index is -0.915. The highest BCUT2D eigenvalue weighted by atomic mass is 16.5. The van der Waals surface area contributed by atoms with Crippen LogP contribution < -0.4 is 0 Å². The summed E-state index contributed by atoms with van der Waals surface area (Å²) in [5, 5.41) is 9.34. The molecule has 6 heteroatoms. The van der Waals surface area contributed by atoms with Crippen molar-refractivity contribution in [2.75, 3.05) is 13.2 Å². The number of hydrogen-bond acceptors (Lipinski definition) is 3. The lowest BCUT2D eigenvalue weighted by molar-refractivity contribution is -0.131. The Morgan fingerprint density at radius 3 is 3.05 bits per heavy atom. The molecule has 1 saturated heterocycles. The molecule has 1 N–H and O–H groups in total. The molecule has 0 aliphatic carbocycles. The Hall–Kier alpha value is -2.08. The van der Waals surface area contributed by atoms with E-state index in [1.165, 1.54) is 4.90 Å². The van der Waals surface area contributed by atoms with Crippen LogP contribution in [-0.2, 0) is 10.3 Å². The molecule has 2 aromatic heterocycles. The summed E-state index contributed by atoms with van der Waals surface area (Å²) < 4.78 is 7.94. The molecule has 0 bridgehead atoms. The van der Waals surface area contributed by atoms with Gasteiger partial charge >= 0.3 is 6.09 Å². The van der Waals surface area contributed by atoms with E-state index in [-0.39, 0.29) is 6.04 Å². The van der Waals surface area contributed by atoms with Crippen molar-refractivity contribution >= 4 is 11.7 Å². The molecule has 1 amide bonds. The SMILES string of the molecule is Cc1ccn2c(C3(C)OCCN(C(=O)O)C3C)cnc2c1. The Balaban J connectivity index is 2.09. The number of carboxylic acid groups (broad SMARTS) is 1. The molecule has 1 aliphatic heterocycles. The molecule has 0 saturated carbocycles. The van der Waals surface area contributed by atoms with Crippen LogP contribution in [0, 0.1) is 6.92 Å². The van der Waals surface area contributed by atoms with Crippen LogP contribution >= 0.6 is 0 Å². The molecule has 3 rings (SSSR count). The van der Waals surface area contributed by atoms with Crippen molar-refractivity contribution in [3.63, 3.8) is 0 Å². The number of imidazole rings is 1. The van der Waals surface area contributed by atoms with Gasteiger partial charge in [0, 0.05) is 12.7 Å². The average molecular weight is 289 g/mol. The Bertz CT molecular complexity index is 697. The van der Waals surface area contributed by atoms with Crippen LogP contribution in [0.15, 0.2) is 24.5 Å². The van der Waals surface area contributed by atoms with Gasteiger partial charge in [0.05, 0.1) is 24.5 Å². The highest BCUT2D eigenvalue weighted by Gasteiger charge is 2.44. The van der Waals surface area contributed by atoms with Gasteiger partial charge in [-0.25, -0.2) is 9.78 Å². The van der Waals surface area contributed by atoms with Crippen molar-refractivity contribution in [1.29, 1.82) is 0 Å². The molecule has 2 atom stereocenters. The van der Waals surface area contributed by atoms with Gasteiger partial charge in [0.2, 0.25) is 0 Å². The second kappa shape index (κ2) is 4.73. The predicted molar refractivity (Wildman–Crippen MR) is 77.4 cm³/mol. The minimum Gasteiger partial charge on any atom is -0.465 e. The first-order valence-corrected chi connectivity index (χ1v) is 7.01. The van der Waals surface area contributed by atoms with Crippen LogP contribution in [0.25, 0.3) is 5.65 Å². The van der Waals surface area contributed by atoms with E-state index >= 15 is 0 Å². The van der Waals surface area contributed by atoms with E-state index in [0.29, 0.717) is 13.2 Å². The second-order valence-corrected chi connectivity index (χ2v) is 5.68. The van der Waals surface area contributed by atoms with Crippen molar-refractivity contribution in [3.05, 3.63) is 35.8 Å². The third-order valence-corrected chi connectivity index (χ3v) is 4.42. The summed E-state index contributed by atoms with van der Waals surface area (Å²) in [6, 6.07) is 3.71. The molecular formula is C15H19N3O3. The van der Waals surface area contributed by atoms with Gasteiger partial charge in [-0.2, -0.15) is 0 Å². The lowest BCUT2D eigenvalue weighted by Gasteiger charge is -2.44. The number of morpholine rings is 1. The maximum atomic E-state index is 11.4. The number of rotatable bonds is 1. The van der Waals surface area contributed by atoms with E-state index in [0.717, 1.165) is 16.9 Å². The lowest BCUT2D eigenvalue weighted by atomic mass is 9.91. The van der Waals surface area contributed by atoms with E-state index in [1.807, 2.05) is 43.5 Å². The fraction of sp³-hybridized carbons (Fsp3) is 0.467. The standard InChI is InChI=1S/C15H19N3O3/c1-10-4-5-18-12(9-16-13(18)8-10)15(3)11(2)17(14(19)20)6-7-21-15/h4-5,8-9,11H,6-7H2,1-3H3,(H,19,20). The summed E-state index contributed by atoms with van der Waals surface area (Å²) in [7, 11) is 0. The number of amides is 1. The second-order valence-electron chi connectivity index (χ2n) is 5.68. The smallest absolute Gasteiger partial charge is 0.407 e. The van der Waals surface area contributed by atoms with Gasteiger partial charge in [0.25, 0.3) is 0 Å². The molecule has 21 heavy (non-hydrogen) atoms. The number of pyridine rings is 1. The van der Waals surface area contributed by atoms with Gasteiger partial charge < -0.3 is 19.1 Å². The van der Waals surface area contributed by atoms with Crippen molar-refractivity contribution in [2.24, 2.45) is 0 Å². The molecule has 2 aromatic rings. The van der Waals surface area contributed by atoms with Gasteiger partial charge in [-0.3, -0.25) is 0 Å². The predicted octanol–water partition coefficient (Wildman–Crippen LogP) is 2.26. The van der Waals surface area contributed by atoms with E-state index < -0.39 is 11.7 Å². The van der Waals surface area contributed by atoms with Crippen LogP contribution in [0.4, 0.5) is 4.79 Å². The summed E-state index contributed by atoms with van der Waals surface area (Å²) in [4.78, 5) is 17.2. The van der Waals surface area contributed by atoms with Crippen molar-refractivity contribution < 1.29 is 14.6 Å². The number of aromatic nitrogens is 2. The summed E-state index contributed by atoms with van der Waals surface area (Å²) in [6.45, 7) is 6.59.